The number of amides is 1. The average Bonchev–Trinajstić information content (AvgIpc) is 3.31. The van der Waals surface area contributed by atoms with E-state index in [-0.39, 0.29) is 17.4 Å². The van der Waals surface area contributed by atoms with Gasteiger partial charge < -0.3 is 19.8 Å². The lowest BCUT2D eigenvalue weighted by Crippen LogP contribution is -2.52. The highest BCUT2D eigenvalue weighted by Crippen LogP contribution is 2.43. The number of H-pyrrole nitrogens is 1. The lowest BCUT2D eigenvalue weighted by molar-refractivity contribution is -0.143. The molecule has 0 aliphatic heterocycles. The Morgan fingerprint density at radius 3 is 2.76 bits per heavy atom. The quantitative estimate of drug-likeness (QED) is 0.448. The average molecular weight is 469 g/mol. The molecule has 1 amide bonds. The highest BCUT2D eigenvalue weighted by Gasteiger charge is 2.47. The standard InChI is InChI=1S/C23H26F2N8O/c1-12-28-17-6-5-16(30-20(17)33(12)11-18(24)25)14-9-26-19-15(14)10-27-22(31-19)29-13-7-23(2,8-13)21(34)32(3)4/h5-6,9-10,13,18H,7-8,11H2,1-4H3,(H2,26,27,29,31). The highest BCUT2D eigenvalue weighted by molar-refractivity contribution is 5.93. The minimum Gasteiger partial charge on any atom is -0.351 e. The second-order valence-corrected chi connectivity index (χ2v) is 9.37. The number of nitrogens with zero attached hydrogens (tertiary/aromatic N) is 6. The minimum absolute atomic E-state index is 0.128. The first-order valence-corrected chi connectivity index (χ1v) is 11.1. The van der Waals surface area contributed by atoms with E-state index in [0.717, 1.165) is 23.8 Å². The Morgan fingerprint density at radius 1 is 1.29 bits per heavy atom. The summed E-state index contributed by atoms with van der Waals surface area (Å²) < 4.78 is 27.5. The van der Waals surface area contributed by atoms with Crippen LogP contribution in [0.25, 0.3) is 33.5 Å². The maximum atomic E-state index is 13.0. The van der Waals surface area contributed by atoms with Crippen LogP contribution in [0.15, 0.2) is 24.5 Å². The van der Waals surface area contributed by atoms with Gasteiger partial charge in [-0.25, -0.2) is 23.7 Å². The number of pyridine rings is 1. The molecular formula is C23H26F2N8O. The van der Waals surface area contributed by atoms with Crippen LogP contribution in [0.1, 0.15) is 25.6 Å². The normalized spacial score (nSPS) is 20.1. The van der Waals surface area contributed by atoms with Crippen molar-refractivity contribution in [2.75, 3.05) is 19.4 Å². The predicted octanol–water partition coefficient (Wildman–Crippen LogP) is 3.61. The van der Waals surface area contributed by atoms with E-state index >= 15 is 0 Å². The second kappa shape index (κ2) is 8.00. The summed E-state index contributed by atoms with van der Waals surface area (Å²) in [4.78, 5) is 35.1. The fourth-order valence-corrected chi connectivity index (χ4v) is 4.84. The van der Waals surface area contributed by atoms with Crippen molar-refractivity contribution in [2.45, 2.75) is 45.7 Å². The fourth-order valence-electron chi connectivity index (χ4n) is 4.84. The van der Waals surface area contributed by atoms with Gasteiger partial charge in [-0.15, -0.1) is 0 Å². The molecule has 5 rings (SSSR count). The molecule has 11 heteroatoms. The van der Waals surface area contributed by atoms with Gasteiger partial charge in [0.25, 0.3) is 6.43 Å². The van der Waals surface area contributed by atoms with Gasteiger partial charge in [0.15, 0.2) is 5.65 Å². The van der Waals surface area contributed by atoms with E-state index in [2.05, 4.69) is 30.2 Å². The second-order valence-electron chi connectivity index (χ2n) is 9.37. The molecule has 4 aromatic heterocycles. The summed E-state index contributed by atoms with van der Waals surface area (Å²) in [7, 11) is 3.54. The summed E-state index contributed by atoms with van der Waals surface area (Å²) in [5, 5.41) is 4.08. The molecule has 1 aliphatic rings. The van der Waals surface area contributed by atoms with Gasteiger partial charge in [0.05, 0.1) is 17.7 Å². The minimum atomic E-state index is -2.50. The fraction of sp³-hybridized carbons (Fsp3) is 0.435. The van der Waals surface area contributed by atoms with Crippen LogP contribution < -0.4 is 5.32 Å². The molecule has 9 nitrogen and oxygen atoms in total. The van der Waals surface area contributed by atoms with E-state index in [0.29, 0.717) is 34.3 Å². The number of aromatic amines is 1. The number of rotatable bonds is 6. The number of halogens is 2. The van der Waals surface area contributed by atoms with Gasteiger partial charge in [-0.3, -0.25) is 4.79 Å². The zero-order valence-corrected chi connectivity index (χ0v) is 19.4. The van der Waals surface area contributed by atoms with Gasteiger partial charge in [-0.1, -0.05) is 6.92 Å². The number of imidazole rings is 1. The predicted molar refractivity (Wildman–Crippen MR) is 125 cm³/mol. The Morgan fingerprint density at radius 2 is 2.06 bits per heavy atom. The monoisotopic (exact) mass is 468 g/mol. The maximum Gasteiger partial charge on any atom is 0.256 e. The number of alkyl halides is 2. The molecule has 0 aromatic carbocycles. The SMILES string of the molecule is Cc1nc2ccc(-c3c[nH]c4nc(NC5CC(C)(C(=O)N(C)C)C5)ncc34)nc2n1CC(F)F. The Hall–Kier alpha value is -3.63. The van der Waals surface area contributed by atoms with Crippen LogP contribution in [-0.4, -0.2) is 66.9 Å². The molecule has 178 valence electrons. The first-order chi connectivity index (χ1) is 16.1. The Bertz CT molecular complexity index is 1390. The van der Waals surface area contributed by atoms with Crippen molar-refractivity contribution in [1.82, 2.24) is 34.4 Å². The zero-order chi connectivity index (χ0) is 24.2. The molecule has 0 unspecified atom stereocenters. The van der Waals surface area contributed by atoms with E-state index in [9.17, 15) is 13.6 Å². The highest BCUT2D eigenvalue weighted by atomic mass is 19.3. The Balaban J connectivity index is 1.38. The van der Waals surface area contributed by atoms with Crippen molar-refractivity contribution in [2.24, 2.45) is 5.41 Å². The number of carbonyl (C=O) groups is 1. The van der Waals surface area contributed by atoms with Crippen molar-refractivity contribution in [1.29, 1.82) is 0 Å². The first kappa shape index (κ1) is 22.2. The van der Waals surface area contributed by atoms with Crippen molar-refractivity contribution in [3.63, 3.8) is 0 Å². The van der Waals surface area contributed by atoms with Crippen molar-refractivity contribution >= 4 is 34.1 Å². The molecular weight excluding hydrogens is 442 g/mol. The summed E-state index contributed by atoms with van der Waals surface area (Å²) >= 11 is 0. The van der Waals surface area contributed by atoms with Crippen molar-refractivity contribution in [3.05, 3.63) is 30.4 Å². The Labute approximate surface area is 194 Å². The number of aryl methyl sites for hydroxylation is 1. The number of nitrogens with one attached hydrogen (secondary N) is 2. The molecule has 2 N–H and O–H groups in total. The van der Waals surface area contributed by atoms with Gasteiger partial charge in [0, 0.05) is 43.5 Å². The van der Waals surface area contributed by atoms with Crippen LogP contribution in [0.2, 0.25) is 0 Å². The molecule has 0 spiro atoms. The van der Waals surface area contributed by atoms with Crippen LogP contribution >= 0.6 is 0 Å². The van der Waals surface area contributed by atoms with Crippen LogP contribution in [-0.2, 0) is 11.3 Å². The third kappa shape index (κ3) is 3.74. The largest absolute Gasteiger partial charge is 0.351 e. The third-order valence-electron chi connectivity index (χ3n) is 6.46. The van der Waals surface area contributed by atoms with Gasteiger partial charge in [0.1, 0.15) is 17.0 Å². The summed E-state index contributed by atoms with van der Waals surface area (Å²) in [6.45, 7) is 3.22. The van der Waals surface area contributed by atoms with Gasteiger partial charge in [-0.2, -0.15) is 4.98 Å². The number of aromatic nitrogens is 6. The number of anilines is 1. The topological polar surface area (TPSA) is 105 Å². The molecule has 34 heavy (non-hydrogen) atoms. The van der Waals surface area contributed by atoms with Crippen molar-refractivity contribution < 1.29 is 13.6 Å². The van der Waals surface area contributed by atoms with E-state index in [4.69, 9.17) is 0 Å². The van der Waals surface area contributed by atoms with Gasteiger partial charge >= 0.3 is 0 Å². The van der Waals surface area contributed by atoms with Crippen molar-refractivity contribution in [3.8, 4) is 11.3 Å². The Kier molecular flexibility index (Phi) is 5.22. The van der Waals surface area contributed by atoms with E-state index in [1.807, 2.05) is 13.0 Å². The van der Waals surface area contributed by atoms with Gasteiger partial charge in [0.2, 0.25) is 11.9 Å². The van der Waals surface area contributed by atoms with E-state index < -0.39 is 13.0 Å². The molecule has 0 saturated heterocycles. The van der Waals surface area contributed by atoms with Crippen LogP contribution in [0.4, 0.5) is 14.7 Å². The lowest BCUT2D eigenvalue weighted by atomic mass is 9.66. The van der Waals surface area contributed by atoms with Crippen LogP contribution in [0, 0.1) is 12.3 Å². The number of carbonyl (C=O) groups excluding carboxylic acids is 1. The molecule has 4 heterocycles. The number of fused-ring (bicyclic) bond motifs is 2. The number of hydrogen-bond acceptors (Lipinski definition) is 6. The summed E-state index contributed by atoms with van der Waals surface area (Å²) in [6.07, 6.45) is 2.44. The molecule has 1 aliphatic carbocycles. The molecule has 0 atom stereocenters. The molecule has 1 saturated carbocycles. The van der Waals surface area contributed by atoms with E-state index in [1.165, 1.54) is 4.57 Å². The molecule has 0 bridgehead atoms. The zero-order valence-electron chi connectivity index (χ0n) is 19.4. The van der Waals surface area contributed by atoms with Crippen LogP contribution in [0.5, 0.6) is 0 Å². The maximum absolute atomic E-state index is 13.0. The summed E-state index contributed by atoms with van der Waals surface area (Å²) in [5.74, 6) is 1.11. The van der Waals surface area contributed by atoms with Crippen LogP contribution in [0.3, 0.4) is 0 Å². The van der Waals surface area contributed by atoms with Gasteiger partial charge in [-0.05, 0) is 31.9 Å². The number of hydrogen-bond donors (Lipinski definition) is 2. The first-order valence-electron chi connectivity index (χ1n) is 11.1. The molecule has 4 aromatic rings. The summed E-state index contributed by atoms with van der Waals surface area (Å²) in [6, 6.07) is 3.72. The lowest BCUT2D eigenvalue weighted by Gasteiger charge is -2.45. The smallest absolute Gasteiger partial charge is 0.256 e. The summed E-state index contributed by atoms with van der Waals surface area (Å²) in [5.41, 5.74) is 2.67. The van der Waals surface area contributed by atoms with E-state index in [1.54, 1.807) is 44.4 Å². The third-order valence-corrected chi connectivity index (χ3v) is 6.46. The molecule has 1 fully saturated rings. The molecule has 0 radical (unpaired) electrons.